The lowest BCUT2D eigenvalue weighted by Crippen LogP contribution is -2.54. The quantitative estimate of drug-likeness (QED) is 0.589. The van der Waals surface area contributed by atoms with Crippen LogP contribution in [-0.2, 0) is 4.79 Å². The van der Waals surface area contributed by atoms with Crippen LogP contribution in [0.2, 0.25) is 0 Å². The SMILES string of the molecule is C=C1CCC2C(C)(C)[C@@H](O)CC[C@]2(C)[C@H]1CC/C(C)=C/C(=O)O. The number of aliphatic hydroxyl groups excluding tert-OH is 1. The van der Waals surface area contributed by atoms with E-state index < -0.39 is 5.97 Å². The van der Waals surface area contributed by atoms with Gasteiger partial charge in [-0.15, -0.1) is 0 Å². The van der Waals surface area contributed by atoms with Gasteiger partial charge in [0.15, 0.2) is 0 Å². The number of aliphatic hydroxyl groups is 1. The first-order chi connectivity index (χ1) is 10.6. The van der Waals surface area contributed by atoms with Gasteiger partial charge in [-0.3, -0.25) is 0 Å². The summed E-state index contributed by atoms with van der Waals surface area (Å²) in [4.78, 5) is 10.8. The summed E-state index contributed by atoms with van der Waals surface area (Å²) in [7, 11) is 0. The minimum atomic E-state index is -0.865. The average molecular weight is 320 g/mol. The van der Waals surface area contributed by atoms with Crippen LogP contribution in [0.3, 0.4) is 0 Å². The normalized spacial score (nSPS) is 37.3. The summed E-state index contributed by atoms with van der Waals surface area (Å²) in [6.07, 6.45) is 6.90. The van der Waals surface area contributed by atoms with Gasteiger partial charge in [0.05, 0.1) is 6.10 Å². The third kappa shape index (κ3) is 3.40. The van der Waals surface area contributed by atoms with Gasteiger partial charge in [-0.05, 0) is 68.1 Å². The maximum Gasteiger partial charge on any atom is 0.328 e. The van der Waals surface area contributed by atoms with E-state index in [1.807, 2.05) is 6.92 Å². The zero-order valence-corrected chi connectivity index (χ0v) is 15.1. The molecule has 0 heterocycles. The van der Waals surface area contributed by atoms with Crippen LogP contribution in [0.25, 0.3) is 0 Å². The third-order valence-corrected chi connectivity index (χ3v) is 6.75. The van der Waals surface area contributed by atoms with Gasteiger partial charge < -0.3 is 10.2 Å². The zero-order chi connectivity index (χ0) is 17.4. The molecular weight excluding hydrogens is 288 g/mol. The molecule has 2 saturated carbocycles. The highest BCUT2D eigenvalue weighted by Crippen LogP contribution is 2.61. The van der Waals surface area contributed by atoms with Crippen LogP contribution in [0.15, 0.2) is 23.8 Å². The molecule has 2 aliphatic carbocycles. The Hall–Kier alpha value is -1.09. The highest BCUT2D eigenvalue weighted by atomic mass is 16.4. The second-order valence-electron chi connectivity index (χ2n) is 8.55. The molecule has 130 valence electrons. The Morgan fingerprint density at radius 3 is 2.61 bits per heavy atom. The zero-order valence-electron chi connectivity index (χ0n) is 15.1. The summed E-state index contributed by atoms with van der Waals surface area (Å²) in [6.45, 7) is 13.0. The fourth-order valence-electron chi connectivity index (χ4n) is 5.35. The Morgan fingerprint density at radius 2 is 2.00 bits per heavy atom. The minimum Gasteiger partial charge on any atom is -0.478 e. The van der Waals surface area contributed by atoms with Gasteiger partial charge in [0.25, 0.3) is 0 Å². The van der Waals surface area contributed by atoms with Crippen molar-refractivity contribution in [3.05, 3.63) is 23.8 Å². The standard InChI is InChI=1S/C20H32O3/c1-13(12-18(22)23)6-8-15-14(2)7-9-16-19(3,4)17(21)10-11-20(15,16)5/h12,15-17,21H,2,6-11H2,1,3-5H3,(H,22,23)/b13-12+/t15-,16?,17-,20+/m0/s1. The number of carbonyl (C=O) groups is 1. The predicted molar refractivity (Wildman–Crippen MR) is 93.1 cm³/mol. The number of carboxylic acid groups (broad SMARTS) is 1. The highest BCUT2D eigenvalue weighted by Gasteiger charge is 2.55. The summed E-state index contributed by atoms with van der Waals surface area (Å²) in [5.41, 5.74) is 2.35. The Labute approximate surface area is 140 Å². The Morgan fingerprint density at radius 1 is 1.35 bits per heavy atom. The van der Waals surface area contributed by atoms with E-state index in [1.165, 1.54) is 11.6 Å². The number of fused-ring (bicyclic) bond motifs is 1. The minimum absolute atomic E-state index is 0.0576. The molecule has 23 heavy (non-hydrogen) atoms. The molecule has 3 heteroatoms. The summed E-state index contributed by atoms with van der Waals surface area (Å²) < 4.78 is 0. The third-order valence-electron chi connectivity index (χ3n) is 6.75. The molecular formula is C20H32O3. The molecule has 0 aromatic carbocycles. The number of hydrogen-bond donors (Lipinski definition) is 2. The molecule has 0 saturated heterocycles. The molecule has 2 fully saturated rings. The molecule has 0 aromatic rings. The smallest absolute Gasteiger partial charge is 0.328 e. The second-order valence-corrected chi connectivity index (χ2v) is 8.55. The van der Waals surface area contributed by atoms with Crippen LogP contribution in [0, 0.1) is 22.7 Å². The van der Waals surface area contributed by atoms with Crippen LogP contribution in [-0.4, -0.2) is 22.3 Å². The number of rotatable bonds is 4. The van der Waals surface area contributed by atoms with Crippen LogP contribution < -0.4 is 0 Å². The van der Waals surface area contributed by atoms with Crippen molar-refractivity contribution in [2.24, 2.45) is 22.7 Å². The van der Waals surface area contributed by atoms with Crippen molar-refractivity contribution in [1.82, 2.24) is 0 Å². The maximum absolute atomic E-state index is 10.8. The first-order valence-corrected chi connectivity index (χ1v) is 8.85. The molecule has 2 aliphatic rings. The van der Waals surface area contributed by atoms with Gasteiger partial charge in [-0.1, -0.05) is 38.5 Å². The highest BCUT2D eigenvalue weighted by molar-refractivity contribution is 5.80. The van der Waals surface area contributed by atoms with Crippen LogP contribution in [0.4, 0.5) is 0 Å². The molecule has 0 radical (unpaired) electrons. The Bertz CT molecular complexity index is 517. The monoisotopic (exact) mass is 320 g/mol. The molecule has 4 atom stereocenters. The lowest BCUT2D eigenvalue weighted by molar-refractivity contribution is -0.131. The molecule has 0 spiro atoms. The van der Waals surface area contributed by atoms with Crippen molar-refractivity contribution in [2.45, 2.75) is 72.3 Å². The number of aliphatic carboxylic acids is 1. The van der Waals surface area contributed by atoms with E-state index in [1.54, 1.807) is 0 Å². The molecule has 3 nitrogen and oxygen atoms in total. The van der Waals surface area contributed by atoms with Crippen molar-refractivity contribution in [1.29, 1.82) is 0 Å². The van der Waals surface area contributed by atoms with E-state index in [4.69, 9.17) is 5.11 Å². The van der Waals surface area contributed by atoms with E-state index >= 15 is 0 Å². The molecule has 1 unspecified atom stereocenters. The fraction of sp³-hybridized carbons (Fsp3) is 0.750. The van der Waals surface area contributed by atoms with Crippen LogP contribution >= 0.6 is 0 Å². The van der Waals surface area contributed by atoms with Gasteiger partial charge in [-0.25, -0.2) is 4.79 Å². The average Bonchev–Trinajstić information content (AvgIpc) is 2.42. The predicted octanol–water partition coefficient (Wildman–Crippen LogP) is 4.57. The Kier molecular flexibility index (Phi) is 5.10. The summed E-state index contributed by atoms with van der Waals surface area (Å²) in [6, 6.07) is 0. The molecule has 0 amide bonds. The van der Waals surface area contributed by atoms with Gasteiger partial charge in [0, 0.05) is 6.08 Å². The van der Waals surface area contributed by atoms with Crippen molar-refractivity contribution >= 4 is 5.97 Å². The number of allylic oxidation sites excluding steroid dienone is 2. The van der Waals surface area contributed by atoms with Crippen molar-refractivity contribution in [3.8, 4) is 0 Å². The largest absolute Gasteiger partial charge is 0.478 e. The van der Waals surface area contributed by atoms with E-state index in [9.17, 15) is 9.90 Å². The van der Waals surface area contributed by atoms with Gasteiger partial charge in [-0.2, -0.15) is 0 Å². The second kappa shape index (κ2) is 6.43. The molecule has 2 rings (SSSR count). The van der Waals surface area contributed by atoms with E-state index in [-0.39, 0.29) is 16.9 Å². The first kappa shape index (κ1) is 18.3. The number of hydrogen-bond acceptors (Lipinski definition) is 2. The molecule has 0 bridgehead atoms. The van der Waals surface area contributed by atoms with E-state index in [2.05, 4.69) is 27.4 Å². The lowest BCUT2D eigenvalue weighted by atomic mass is 9.46. The molecule has 0 aromatic heterocycles. The van der Waals surface area contributed by atoms with Crippen molar-refractivity contribution < 1.29 is 15.0 Å². The van der Waals surface area contributed by atoms with Gasteiger partial charge >= 0.3 is 5.97 Å². The maximum atomic E-state index is 10.8. The van der Waals surface area contributed by atoms with Crippen molar-refractivity contribution in [2.75, 3.05) is 0 Å². The first-order valence-electron chi connectivity index (χ1n) is 8.85. The van der Waals surface area contributed by atoms with E-state index in [0.717, 1.165) is 44.1 Å². The summed E-state index contributed by atoms with van der Waals surface area (Å²) in [5, 5.41) is 19.3. The van der Waals surface area contributed by atoms with E-state index in [0.29, 0.717) is 11.8 Å². The Balaban J connectivity index is 2.21. The lowest BCUT2D eigenvalue weighted by Gasteiger charge is -2.59. The fourth-order valence-corrected chi connectivity index (χ4v) is 5.35. The van der Waals surface area contributed by atoms with Gasteiger partial charge in [0.1, 0.15) is 0 Å². The number of carboxylic acids is 1. The molecule has 0 aliphatic heterocycles. The molecule has 2 N–H and O–H groups in total. The summed E-state index contributed by atoms with van der Waals surface area (Å²) in [5.74, 6) is 0.0548. The topological polar surface area (TPSA) is 57.5 Å². The van der Waals surface area contributed by atoms with Gasteiger partial charge in [0.2, 0.25) is 0 Å². The van der Waals surface area contributed by atoms with Crippen LogP contribution in [0.1, 0.15) is 66.2 Å². The van der Waals surface area contributed by atoms with Crippen molar-refractivity contribution in [3.63, 3.8) is 0 Å². The van der Waals surface area contributed by atoms with Crippen LogP contribution in [0.5, 0.6) is 0 Å². The summed E-state index contributed by atoms with van der Waals surface area (Å²) >= 11 is 0.